The molecule has 0 unspecified atom stereocenters. The number of amides is 1. The molecule has 1 heterocycles. The molecule has 0 atom stereocenters. The standard InChI is InChI=1S/C16H10F4N2O2S/c1-24-14-12(19)10(17)9(11(18)13(14)20)15(23)22-16-7(5-21)6-3-2-4-8(6)25-16/h2-4H2,1H3,(H,22,23). The Balaban J connectivity index is 2.03. The van der Waals surface area contributed by atoms with E-state index in [4.69, 9.17) is 0 Å². The Bertz CT molecular complexity index is 904. The van der Waals surface area contributed by atoms with Gasteiger partial charge in [0.25, 0.3) is 5.91 Å². The third-order valence-electron chi connectivity index (χ3n) is 3.91. The van der Waals surface area contributed by atoms with Crippen molar-refractivity contribution < 1.29 is 27.1 Å². The summed E-state index contributed by atoms with van der Waals surface area (Å²) in [6.45, 7) is 0. The minimum absolute atomic E-state index is 0.104. The molecule has 1 aliphatic rings. The SMILES string of the molecule is COc1c(F)c(F)c(C(=O)Nc2sc3c(c2C#N)CCC3)c(F)c1F. The molecule has 3 rings (SSSR count). The highest BCUT2D eigenvalue weighted by atomic mass is 32.1. The van der Waals surface area contributed by atoms with E-state index in [9.17, 15) is 27.6 Å². The largest absolute Gasteiger partial charge is 0.491 e. The fraction of sp³-hybridized carbons (Fsp3) is 0.250. The molecule has 0 radical (unpaired) electrons. The molecular formula is C16H10F4N2O2S. The number of anilines is 1. The van der Waals surface area contributed by atoms with E-state index in [2.05, 4.69) is 10.1 Å². The summed E-state index contributed by atoms with van der Waals surface area (Å²) >= 11 is 1.11. The first kappa shape index (κ1) is 17.2. The smallest absolute Gasteiger partial charge is 0.262 e. The summed E-state index contributed by atoms with van der Waals surface area (Å²) in [7, 11) is 0.840. The van der Waals surface area contributed by atoms with Crippen LogP contribution >= 0.6 is 11.3 Å². The summed E-state index contributed by atoms with van der Waals surface area (Å²) in [6.07, 6.45) is 2.28. The first-order valence-corrected chi connectivity index (χ1v) is 7.98. The molecule has 0 fully saturated rings. The minimum atomic E-state index is -1.86. The maximum atomic E-state index is 14.0. The summed E-state index contributed by atoms with van der Waals surface area (Å²) in [4.78, 5) is 13.1. The molecule has 0 bridgehead atoms. The van der Waals surface area contributed by atoms with Crippen molar-refractivity contribution in [2.75, 3.05) is 12.4 Å². The number of halogens is 4. The van der Waals surface area contributed by atoms with Gasteiger partial charge in [0.15, 0.2) is 17.4 Å². The summed E-state index contributed by atoms with van der Waals surface area (Å²) in [5, 5.41) is 11.5. The molecular weight excluding hydrogens is 360 g/mol. The van der Waals surface area contributed by atoms with Crippen molar-refractivity contribution in [3.8, 4) is 11.8 Å². The Kier molecular flexibility index (Phi) is 4.39. The molecule has 1 aromatic heterocycles. The zero-order chi connectivity index (χ0) is 18.3. The number of benzene rings is 1. The number of hydrogen-bond donors (Lipinski definition) is 1. The highest BCUT2D eigenvalue weighted by molar-refractivity contribution is 7.16. The monoisotopic (exact) mass is 370 g/mol. The van der Waals surface area contributed by atoms with Gasteiger partial charge in [-0.05, 0) is 24.8 Å². The van der Waals surface area contributed by atoms with E-state index in [0.717, 1.165) is 41.7 Å². The number of thiophene rings is 1. The van der Waals surface area contributed by atoms with Gasteiger partial charge in [-0.2, -0.15) is 14.0 Å². The molecule has 2 aromatic rings. The van der Waals surface area contributed by atoms with Gasteiger partial charge in [-0.25, -0.2) is 8.78 Å². The molecule has 4 nitrogen and oxygen atoms in total. The molecule has 0 saturated carbocycles. The summed E-state index contributed by atoms with van der Waals surface area (Å²) in [5.74, 6) is -9.97. The van der Waals surface area contributed by atoms with Gasteiger partial charge in [0.05, 0.1) is 12.7 Å². The average molecular weight is 370 g/mol. The van der Waals surface area contributed by atoms with E-state index in [1.807, 2.05) is 6.07 Å². The van der Waals surface area contributed by atoms with Crippen LogP contribution in [-0.2, 0) is 12.8 Å². The highest BCUT2D eigenvalue weighted by Gasteiger charge is 2.31. The molecule has 0 spiro atoms. The van der Waals surface area contributed by atoms with Gasteiger partial charge in [-0.3, -0.25) is 4.79 Å². The number of nitrogens with zero attached hydrogens (tertiary/aromatic N) is 1. The molecule has 1 aliphatic carbocycles. The summed E-state index contributed by atoms with van der Waals surface area (Å²) in [6, 6.07) is 1.94. The number of aryl methyl sites for hydroxylation is 1. The first-order chi connectivity index (χ1) is 11.9. The van der Waals surface area contributed by atoms with Crippen LogP contribution in [0.3, 0.4) is 0 Å². The fourth-order valence-electron chi connectivity index (χ4n) is 2.77. The Morgan fingerprint density at radius 2 is 1.80 bits per heavy atom. The molecule has 9 heteroatoms. The van der Waals surface area contributed by atoms with Crippen LogP contribution in [0.5, 0.6) is 5.75 Å². The van der Waals surface area contributed by atoms with Crippen molar-refractivity contribution in [1.82, 2.24) is 0 Å². The highest BCUT2D eigenvalue weighted by Crippen LogP contribution is 2.39. The van der Waals surface area contributed by atoms with E-state index < -0.39 is 40.5 Å². The summed E-state index contributed by atoms with van der Waals surface area (Å²) in [5.41, 5.74) is -0.412. The Hall–Kier alpha value is -2.60. The third-order valence-corrected chi connectivity index (χ3v) is 5.12. The van der Waals surface area contributed by atoms with Gasteiger partial charge in [0.2, 0.25) is 11.6 Å². The molecule has 25 heavy (non-hydrogen) atoms. The van der Waals surface area contributed by atoms with Crippen LogP contribution in [0.2, 0.25) is 0 Å². The number of ether oxygens (including phenoxy) is 1. The number of fused-ring (bicyclic) bond motifs is 1. The normalized spacial score (nSPS) is 12.6. The number of rotatable bonds is 3. The van der Waals surface area contributed by atoms with E-state index in [0.29, 0.717) is 6.42 Å². The van der Waals surface area contributed by atoms with Crippen molar-refractivity contribution in [2.45, 2.75) is 19.3 Å². The third kappa shape index (κ3) is 2.62. The molecule has 1 aromatic carbocycles. The van der Waals surface area contributed by atoms with Crippen molar-refractivity contribution in [1.29, 1.82) is 5.26 Å². The zero-order valence-electron chi connectivity index (χ0n) is 12.8. The second-order valence-electron chi connectivity index (χ2n) is 5.29. The van der Waals surface area contributed by atoms with Gasteiger partial charge < -0.3 is 10.1 Å². The zero-order valence-corrected chi connectivity index (χ0v) is 13.6. The van der Waals surface area contributed by atoms with Gasteiger partial charge in [-0.1, -0.05) is 0 Å². The van der Waals surface area contributed by atoms with Gasteiger partial charge in [0, 0.05) is 4.88 Å². The van der Waals surface area contributed by atoms with E-state index in [1.165, 1.54) is 0 Å². The number of nitrogens with one attached hydrogen (secondary N) is 1. The maximum Gasteiger partial charge on any atom is 0.262 e. The Morgan fingerprint density at radius 1 is 1.16 bits per heavy atom. The number of carbonyl (C=O) groups is 1. The van der Waals surface area contributed by atoms with Crippen LogP contribution in [0.15, 0.2) is 0 Å². The van der Waals surface area contributed by atoms with Crippen LogP contribution in [0.4, 0.5) is 22.6 Å². The summed E-state index contributed by atoms with van der Waals surface area (Å²) < 4.78 is 59.8. The average Bonchev–Trinajstić information content (AvgIpc) is 3.14. The molecule has 1 N–H and O–H groups in total. The van der Waals surface area contributed by atoms with Crippen LogP contribution in [-0.4, -0.2) is 13.0 Å². The number of carbonyl (C=O) groups excluding carboxylic acids is 1. The minimum Gasteiger partial charge on any atom is -0.491 e. The van der Waals surface area contributed by atoms with Gasteiger partial charge in [0.1, 0.15) is 16.6 Å². The Morgan fingerprint density at radius 3 is 2.36 bits per heavy atom. The van der Waals surface area contributed by atoms with Crippen molar-refractivity contribution in [3.05, 3.63) is 44.8 Å². The maximum absolute atomic E-state index is 14.0. The first-order valence-electron chi connectivity index (χ1n) is 7.16. The molecule has 0 aliphatic heterocycles. The lowest BCUT2D eigenvalue weighted by Crippen LogP contribution is -2.18. The predicted octanol–water partition coefficient (Wildman–Crippen LogP) is 3.93. The lowest BCUT2D eigenvalue weighted by atomic mass is 10.1. The molecule has 1 amide bonds. The lowest BCUT2D eigenvalue weighted by Gasteiger charge is -2.11. The second-order valence-corrected chi connectivity index (χ2v) is 6.40. The second kappa shape index (κ2) is 6.37. The van der Waals surface area contributed by atoms with Gasteiger partial charge >= 0.3 is 0 Å². The van der Waals surface area contributed by atoms with Crippen molar-refractivity contribution in [3.63, 3.8) is 0 Å². The lowest BCUT2D eigenvalue weighted by molar-refractivity contribution is 0.101. The number of hydrogen-bond acceptors (Lipinski definition) is 4. The van der Waals surface area contributed by atoms with Crippen molar-refractivity contribution in [2.24, 2.45) is 0 Å². The van der Waals surface area contributed by atoms with Crippen LogP contribution in [0, 0.1) is 34.6 Å². The molecule has 0 saturated heterocycles. The van der Waals surface area contributed by atoms with E-state index in [-0.39, 0.29) is 10.6 Å². The van der Waals surface area contributed by atoms with Crippen LogP contribution < -0.4 is 10.1 Å². The van der Waals surface area contributed by atoms with Crippen LogP contribution in [0.1, 0.15) is 32.8 Å². The van der Waals surface area contributed by atoms with E-state index in [1.54, 1.807) is 0 Å². The fourth-order valence-corrected chi connectivity index (χ4v) is 4.00. The van der Waals surface area contributed by atoms with Gasteiger partial charge in [-0.15, -0.1) is 11.3 Å². The van der Waals surface area contributed by atoms with Crippen molar-refractivity contribution >= 4 is 22.2 Å². The van der Waals surface area contributed by atoms with E-state index >= 15 is 0 Å². The predicted molar refractivity (Wildman–Crippen MR) is 81.8 cm³/mol. The number of nitriles is 1. The number of methoxy groups -OCH3 is 1. The quantitative estimate of drug-likeness (QED) is 0.658. The topological polar surface area (TPSA) is 62.1 Å². The Labute approximate surface area is 143 Å². The molecule has 130 valence electrons. The van der Waals surface area contributed by atoms with Crippen LogP contribution in [0.25, 0.3) is 0 Å².